The Morgan fingerprint density at radius 1 is 1.50 bits per heavy atom. The van der Waals surface area contributed by atoms with E-state index < -0.39 is 5.97 Å². The van der Waals surface area contributed by atoms with E-state index in [1.165, 1.54) is 5.56 Å². The number of hydrogen-bond donors (Lipinski definition) is 2. The predicted octanol–water partition coefficient (Wildman–Crippen LogP) is 2.37. The molecule has 4 nitrogen and oxygen atoms in total. The average molecular weight is 245 g/mol. The molecule has 1 aliphatic rings. The van der Waals surface area contributed by atoms with Crippen LogP contribution in [-0.4, -0.2) is 23.2 Å². The molecule has 0 radical (unpaired) electrons. The number of aromatic amines is 1. The maximum absolute atomic E-state index is 11.1. The summed E-state index contributed by atoms with van der Waals surface area (Å²) >= 11 is 0. The van der Waals surface area contributed by atoms with Gasteiger partial charge < -0.3 is 14.8 Å². The minimum atomic E-state index is -0.703. The van der Waals surface area contributed by atoms with E-state index in [-0.39, 0.29) is 5.92 Å². The van der Waals surface area contributed by atoms with E-state index in [1.54, 1.807) is 7.11 Å². The fourth-order valence-corrected chi connectivity index (χ4v) is 2.81. The molecule has 94 valence electrons. The molecule has 1 heterocycles. The molecule has 4 heteroatoms. The number of aromatic nitrogens is 1. The molecule has 0 fully saturated rings. The Morgan fingerprint density at radius 3 is 3.06 bits per heavy atom. The molecule has 1 aliphatic carbocycles. The molecule has 1 atom stereocenters. The molecule has 1 aromatic heterocycles. The van der Waals surface area contributed by atoms with E-state index >= 15 is 0 Å². The number of carboxylic acid groups (broad SMARTS) is 1. The maximum Gasteiger partial charge on any atom is 0.306 e. The summed E-state index contributed by atoms with van der Waals surface area (Å²) in [5, 5.41) is 10.3. The number of H-pyrrole nitrogens is 1. The first-order valence-corrected chi connectivity index (χ1v) is 6.10. The predicted molar refractivity (Wildman–Crippen MR) is 68.0 cm³/mol. The second-order valence-corrected chi connectivity index (χ2v) is 4.74. The lowest BCUT2D eigenvalue weighted by atomic mass is 9.87. The molecule has 3 rings (SSSR count). The van der Waals surface area contributed by atoms with Crippen molar-refractivity contribution in [2.24, 2.45) is 5.92 Å². The highest BCUT2D eigenvalue weighted by Crippen LogP contribution is 2.35. The molecule has 2 N–H and O–H groups in total. The Hall–Kier alpha value is -1.97. The number of nitrogens with one attached hydrogen (secondary N) is 1. The molecule has 0 spiro atoms. The third-order valence-electron chi connectivity index (χ3n) is 3.75. The van der Waals surface area contributed by atoms with Crippen LogP contribution < -0.4 is 4.74 Å². The number of fused-ring (bicyclic) bond motifs is 3. The fraction of sp³-hybridized carbons (Fsp3) is 0.357. The summed E-state index contributed by atoms with van der Waals surface area (Å²) in [6.07, 6.45) is 2.12. The van der Waals surface area contributed by atoms with Crippen molar-refractivity contribution in [1.29, 1.82) is 0 Å². The lowest BCUT2D eigenvalue weighted by molar-refractivity contribution is -0.142. The quantitative estimate of drug-likeness (QED) is 0.853. The van der Waals surface area contributed by atoms with Crippen molar-refractivity contribution in [3.05, 3.63) is 29.5 Å². The van der Waals surface area contributed by atoms with E-state index in [9.17, 15) is 4.79 Å². The SMILES string of the molecule is COc1cccc2c3c([nH]c12)CC(C(=O)O)CC3. The Bertz CT molecular complexity index is 615. The van der Waals surface area contributed by atoms with E-state index in [0.29, 0.717) is 12.8 Å². The zero-order valence-electron chi connectivity index (χ0n) is 10.2. The van der Waals surface area contributed by atoms with Gasteiger partial charge >= 0.3 is 5.97 Å². The van der Waals surface area contributed by atoms with Gasteiger partial charge in [0.05, 0.1) is 18.5 Å². The molecule has 0 bridgehead atoms. The van der Waals surface area contributed by atoms with Gasteiger partial charge in [0.2, 0.25) is 0 Å². The third-order valence-corrected chi connectivity index (χ3v) is 3.75. The lowest BCUT2D eigenvalue weighted by Gasteiger charge is -2.18. The molecule has 0 aliphatic heterocycles. The summed E-state index contributed by atoms with van der Waals surface area (Å²) in [5.74, 6) is -0.156. The van der Waals surface area contributed by atoms with E-state index in [4.69, 9.17) is 9.84 Å². The van der Waals surface area contributed by atoms with Gasteiger partial charge in [0.1, 0.15) is 5.75 Å². The van der Waals surface area contributed by atoms with Crippen LogP contribution in [0.3, 0.4) is 0 Å². The molecule has 0 saturated carbocycles. The molecule has 0 amide bonds. The van der Waals surface area contributed by atoms with Crippen LogP contribution in [0, 0.1) is 5.92 Å². The van der Waals surface area contributed by atoms with Crippen molar-refractivity contribution in [3.8, 4) is 5.75 Å². The van der Waals surface area contributed by atoms with Crippen molar-refractivity contribution in [2.75, 3.05) is 7.11 Å². The van der Waals surface area contributed by atoms with Gasteiger partial charge in [-0.1, -0.05) is 12.1 Å². The van der Waals surface area contributed by atoms with Crippen LogP contribution in [0.15, 0.2) is 18.2 Å². The van der Waals surface area contributed by atoms with Crippen LogP contribution in [0.4, 0.5) is 0 Å². The zero-order chi connectivity index (χ0) is 12.7. The number of carbonyl (C=O) groups is 1. The zero-order valence-corrected chi connectivity index (χ0v) is 10.2. The van der Waals surface area contributed by atoms with Gasteiger partial charge in [0.25, 0.3) is 0 Å². The van der Waals surface area contributed by atoms with Crippen molar-refractivity contribution >= 4 is 16.9 Å². The van der Waals surface area contributed by atoms with Gasteiger partial charge in [-0.15, -0.1) is 0 Å². The van der Waals surface area contributed by atoms with Crippen LogP contribution in [0.25, 0.3) is 10.9 Å². The first kappa shape index (κ1) is 11.1. The number of aliphatic carboxylic acids is 1. The van der Waals surface area contributed by atoms with E-state index in [0.717, 1.165) is 28.8 Å². The standard InChI is InChI=1S/C14H15NO3/c1-18-12-4-2-3-10-9-6-5-8(14(16)17)7-11(9)15-13(10)12/h2-4,8,15H,5-7H2,1H3,(H,16,17). The van der Waals surface area contributed by atoms with Crippen molar-refractivity contribution in [3.63, 3.8) is 0 Å². The van der Waals surface area contributed by atoms with Gasteiger partial charge in [-0.3, -0.25) is 4.79 Å². The second-order valence-electron chi connectivity index (χ2n) is 4.74. The number of benzene rings is 1. The van der Waals surface area contributed by atoms with Crippen LogP contribution in [0.2, 0.25) is 0 Å². The normalized spacial score (nSPS) is 18.6. The molecular formula is C14H15NO3. The topological polar surface area (TPSA) is 62.3 Å². The number of carboxylic acids is 1. The first-order valence-electron chi connectivity index (χ1n) is 6.10. The summed E-state index contributed by atoms with van der Waals surface area (Å²) in [6.45, 7) is 0. The smallest absolute Gasteiger partial charge is 0.306 e. The van der Waals surface area contributed by atoms with Crippen LogP contribution >= 0.6 is 0 Å². The monoisotopic (exact) mass is 245 g/mol. The highest BCUT2D eigenvalue weighted by atomic mass is 16.5. The van der Waals surface area contributed by atoms with E-state index in [1.807, 2.05) is 12.1 Å². The first-order chi connectivity index (χ1) is 8.70. The lowest BCUT2D eigenvalue weighted by Crippen LogP contribution is -2.21. The van der Waals surface area contributed by atoms with Crippen molar-refractivity contribution < 1.29 is 14.6 Å². The number of rotatable bonds is 2. The fourth-order valence-electron chi connectivity index (χ4n) is 2.81. The average Bonchev–Trinajstić information content (AvgIpc) is 2.75. The highest BCUT2D eigenvalue weighted by molar-refractivity contribution is 5.90. The summed E-state index contributed by atoms with van der Waals surface area (Å²) in [7, 11) is 1.65. The second kappa shape index (κ2) is 4.05. The number of methoxy groups -OCH3 is 1. The number of para-hydroxylation sites is 1. The van der Waals surface area contributed by atoms with E-state index in [2.05, 4.69) is 11.1 Å². The van der Waals surface area contributed by atoms with Crippen molar-refractivity contribution in [2.45, 2.75) is 19.3 Å². The van der Waals surface area contributed by atoms with Gasteiger partial charge in [0, 0.05) is 17.5 Å². The summed E-state index contributed by atoms with van der Waals surface area (Å²) in [5.41, 5.74) is 3.28. The molecule has 1 aromatic carbocycles. The molecule has 0 saturated heterocycles. The third kappa shape index (κ3) is 1.56. The minimum Gasteiger partial charge on any atom is -0.495 e. The molecule has 1 unspecified atom stereocenters. The summed E-state index contributed by atoms with van der Waals surface area (Å²) in [4.78, 5) is 14.4. The van der Waals surface area contributed by atoms with Gasteiger partial charge in [-0.05, 0) is 24.5 Å². The maximum atomic E-state index is 11.1. The summed E-state index contributed by atoms with van der Waals surface area (Å²) in [6, 6.07) is 5.95. The molecule has 18 heavy (non-hydrogen) atoms. The van der Waals surface area contributed by atoms with Gasteiger partial charge in [-0.25, -0.2) is 0 Å². The molecular weight excluding hydrogens is 230 g/mol. The summed E-state index contributed by atoms with van der Waals surface area (Å²) < 4.78 is 5.33. The van der Waals surface area contributed by atoms with Crippen LogP contribution in [-0.2, 0) is 17.6 Å². The van der Waals surface area contributed by atoms with Crippen molar-refractivity contribution in [1.82, 2.24) is 4.98 Å². The molecule has 2 aromatic rings. The Morgan fingerprint density at radius 2 is 2.33 bits per heavy atom. The number of hydrogen-bond acceptors (Lipinski definition) is 2. The number of ether oxygens (including phenoxy) is 1. The Labute approximate surface area is 105 Å². The van der Waals surface area contributed by atoms with Gasteiger partial charge in [-0.2, -0.15) is 0 Å². The van der Waals surface area contributed by atoms with Gasteiger partial charge in [0.15, 0.2) is 0 Å². The number of aryl methyl sites for hydroxylation is 1. The Kier molecular flexibility index (Phi) is 2.51. The van der Waals surface area contributed by atoms with Crippen LogP contribution in [0.5, 0.6) is 5.75 Å². The minimum absolute atomic E-state index is 0.267. The largest absolute Gasteiger partial charge is 0.495 e. The van der Waals surface area contributed by atoms with Crippen LogP contribution in [0.1, 0.15) is 17.7 Å². The Balaban J connectivity index is 2.12. The highest BCUT2D eigenvalue weighted by Gasteiger charge is 2.27.